The van der Waals surface area contributed by atoms with Crippen molar-refractivity contribution in [3.05, 3.63) is 52.8 Å². The van der Waals surface area contributed by atoms with Crippen LogP contribution in [-0.2, 0) is 22.9 Å². The van der Waals surface area contributed by atoms with Gasteiger partial charge in [-0.1, -0.05) is 0 Å². The molecule has 1 aliphatic rings. The lowest BCUT2D eigenvalue weighted by atomic mass is 10.1. The normalized spacial score (nSPS) is 15.2. The van der Waals surface area contributed by atoms with E-state index in [1.807, 2.05) is 6.07 Å². The smallest absolute Gasteiger partial charge is 0.254 e. The summed E-state index contributed by atoms with van der Waals surface area (Å²) in [6.45, 7) is 1.23. The molecule has 1 aromatic heterocycles. The van der Waals surface area contributed by atoms with E-state index in [-0.39, 0.29) is 11.6 Å². The Morgan fingerprint density at radius 3 is 2.65 bits per heavy atom. The second-order valence-electron chi connectivity index (χ2n) is 6.31. The van der Waals surface area contributed by atoms with Crippen LogP contribution in [0.1, 0.15) is 33.4 Å². The summed E-state index contributed by atoms with van der Waals surface area (Å²) in [6.07, 6.45) is -0.129. The molecule has 1 amide bonds. The summed E-state index contributed by atoms with van der Waals surface area (Å²) in [5, 5.41) is 23.1. The third-order valence-corrected chi connectivity index (χ3v) is 5.09. The molecular weight excluding hydrogens is 356 g/mol. The predicted octanol–water partition coefficient (Wildman–Crippen LogP) is 0.489. The largest absolute Gasteiger partial charge is 0.386 e. The van der Waals surface area contributed by atoms with E-state index in [0.29, 0.717) is 30.8 Å². The highest BCUT2D eigenvalue weighted by Crippen LogP contribution is 2.20. The number of carbonyl (C=O) groups is 1. The van der Waals surface area contributed by atoms with Crippen LogP contribution in [0.2, 0.25) is 0 Å². The first-order valence-corrected chi connectivity index (χ1v) is 10.0. The molecule has 0 unspecified atom stereocenters. The number of carbonyl (C=O) groups excluding carboxylic acids is 1. The van der Waals surface area contributed by atoms with E-state index in [0.717, 1.165) is 11.9 Å². The Hall–Kier alpha value is -2.70. The minimum absolute atomic E-state index is 0.153. The van der Waals surface area contributed by atoms with Crippen LogP contribution in [0.5, 0.6) is 0 Å². The molecule has 1 N–H and O–H groups in total. The molecule has 0 bridgehead atoms. The summed E-state index contributed by atoms with van der Waals surface area (Å²) in [7, 11) is -3.33. The van der Waals surface area contributed by atoms with Crippen molar-refractivity contribution in [3.63, 3.8) is 0 Å². The minimum Gasteiger partial charge on any atom is -0.386 e. The summed E-state index contributed by atoms with van der Waals surface area (Å²) in [4.78, 5) is 14.3. The van der Waals surface area contributed by atoms with Crippen LogP contribution in [0.3, 0.4) is 0 Å². The highest BCUT2D eigenvalue weighted by molar-refractivity contribution is 7.90. The summed E-state index contributed by atoms with van der Waals surface area (Å²) in [5.74, 6) is -0.544. The molecule has 9 heteroatoms. The van der Waals surface area contributed by atoms with Gasteiger partial charge in [-0.25, -0.2) is 8.42 Å². The monoisotopic (exact) mass is 374 g/mol. The number of aliphatic hydroxyl groups is 1. The van der Waals surface area contributed by atoms with Crippen LogP contribution in [0.4, 0.5) is 0 Å². The van der Waals surface area contributed by atoms with E-state index in [2.05, 4.69) is 5.10 Å². The lowest BCUT2D eigenvalue weighted by Crippen LogP contribution is -2.38. The zero-order valence-electron chi connectivity index (χ0n) is 14.2. The maximum atomic E-state index is 12.6. The molecule has 0 spiro atoms. The first-order valence-electron chi connectivity index (χ1n) is 7.98. The number of aromatic nitrogens is 2. The van der Waals surface area contributed by atoms with Crippen LogP contribution in [0, 0.1) is 11.3 Å². The third-order valence-electron chi connectivity index (χ3n) is 4.17. The van der Waals surface area contributed by atoms with Gasteiger partial charge < -0.3 is 10.0 Å². The van der Waals surface area contributed by atoms with E-state index in [9.17, 15) is 18.3 Å². The molecule has 136 valence electrons. The molecule has 0 radical (unpaired) electrons. The zero-order valence-corrected chi connectivity index (χ0v) is 15.0. The Balaban J connectivity index is 1.75. The molecule has 0 fully saturated rings. The molecule has 0 saturated carbocycles. The summed E-state index contributed by atoms with van der Waals surface area (Å²) in [5.41, 5.74) is 2.01. The van der Waals surface area contributed by atoms with Gasteiger partial charge in [-0.2, -0.15) is 10.4 Å². The van der Waals surface area contributed by atoms with Crippen molar-refractivity contribution in [3.8, 4) is 6.07 Å². The number of rotatable bonds is 4. The van der Waals surface area contributed by atoms with Gasteiger partial charge in [-0.05, 0) is 30.3 Å². The van der Waals surface area contributed by atoms with Crippen molar-refractivity contribution in [1.29, 1.82) is 5.26 Å². The average Bonchev–Trinajstić information content (AvgIpc) is 3.03. The number of hydrogen-bond donors (Lipinski definition) is 1. The lowest BCUT2D eigenvalue weighted by Gasteiger charge is -2.27. The fourth-order valence-corrected chi connectivity index (χ4v) is 3.61. The first-order chi connectivity index (χ1) is 12.3. The Labute approximate surface area is 151 Å². The van der Waals surface area contributed by atoms with Gasteiger partial charge in [0.05, 0.1) is 41.9 Å². The maximum Gasteiger partial charge on any atom is 0.254 e. The van der Waals surface area contributed by atoms with E-state index < -0.39 is 21.7 Å². The van der Waals surface area contributed by atoms with Gasteiger partial charge in [-0.3, -0.25) is 9.48 Å². The van der Waals surface area contributed by atoms with Crippen molar-refractivity contribution >= 4 is 15.7 Å². The molecule has 2 aromatic rings. The van der Waals surface area contributed by atoms with E-state index in [1.54, 1.807) is 39.9 Å². The Kier molecular flexibility index (Phi) is 4.80. The van der Waals surface area contributed by atoms with Gasteiger partial charge in [0.25, 0.3) is 5.91 Å². The Morgan fingerprint density at radius 2 is 2.04 bits per heavy atom. The van der Waals surface area contributed by atoms with E-state index >= 15 is 0 Å². The summed E-state index contributed by atoms with van der Waals surface area (Å²) >= 11 is 0. The number of amides is 1. The number of nitrogens with zero attached hydrogens (tertiary/aromatic N) is 4. The van der Waals surface area contributed by atoms with Crippen molar-refractivity contribution in [2.24, 2.45) is 0 Å². The molecular formula is C17H18N4O4S. The Bertz CT molecular complexity index is 973. The van der Waals surface area contributed by atoms with Gasteiger partial charge >= 0.3 is 0 Å². The number of nitriles is 1. The highest BCUT2D eigenvalue weighted by atomic mass is 32.2. The number of fused-ring (bicyclic) bond motifs is 1. The second kappa shape index (κ2) is 6.90. The van der Waals surface area contributed by atoms with E-state index in [4.69, 9.17) is 5.26 Å². The minimum atomic E-state index is -3.33. The predicted molar refractivity (Wildman–Crippen MR) is 92.8 cm³/mol. The number of hydrogen-bond acceptors (Lipinski definition) is 6. The quantitative estimate of drug-likeness (QED) is 0.832. The molecule has 26 heavy (non-hydrogen) atoms. The topological polar surface area (TPSA) is 116 Å². The van der Waals surface area contributed by atoms with Gasteiger partial charge in [0.2, 0.25) is 0 Å². The van der Waals surface area contributed by atoms with Gasteiger partial charge in [0.1, 0.15) is 15.9 Å². The van der Waals surface area contributed by atoms with Crippen LogP contribution < -0.4 is 0 Å². The highest BCUT2D eigenvalue weighted by Gasteiger charge is 2.25. The van der Waals surface area contributed by atoms with Crippen LogP contribution in [0.15, 0.2) is 30.3 Å². The molecule has 2 heterocycles. The third kappa shape index (κ3) is 3.92. The first kappa shape index (κ1) is 18.1. The van der Waals surface area contributed by atoms with Crippen molar-refractivity contribution in [2.45, 2.75) is 19.2 Å². The van der Waals surface area contributed by atoms with Crippen molar-refractivity contribution in [1.82, 2.24) is 14.7 Å². The number of sulfone groups is 1. The van der Waals surface area contributed by atoms with Crippen molar-refractivity contribution < 1.29 is 18.3 Å². The summed E-state index contributed by atoms with van der Waals surface area (Å²) in [6, 6.07) is 10.1. The SMILES string of the molecule is CS(=O)(=O)C[C@H](O)c1cc2n(n1)CCN(C(=O)c1ccc(C#N)cc1)C2. The zero-order chi connectivity index (χ0) is 18.9. The molecule has 1 aliphatic heterocycles. The second-order valence-corrected chi connectivity index (χ2v) is 8.49. The average molecular weight is 374 g/mol. The van der Waals surface area contributed by atoms with Gasteiger partial charge in [0.15, 0.2) is 0 Å². The lowest BCUT2D eigenvalue weighted by molar-refractivity contribution is 0.0705. The van der Waals surface area contributed by atoms with Crippen LogP contribution >= 0.6 is 0 Å². The number of aliphatic hydroxyl groups excluding tert-OH is 1. The molecule has 1 atom stereocenters. The standard InChI is InChI=1S/C17H18N4O4S/c1-26(24,25)11-16(22)15-8-14-10-20(6-7-21(14)19-15)17(23)13-4-2-12(9-18)3-5-13/h2-5,8,16,22H,6-7,10-11H2,1H3/t16-/m0/s1. The molecule has 8 nitrogen and oxygen atoms in total. The molecule has 0 saturated heterocycles. The summed E-state index contributed by atoms with van der Waals surface area (Å²) < 4.78 is 24.4. The fourth-order valence-electron chi connectivity index (χ4n) is 2.87. The maximum absolute atomic E-state index is 12.6. The Morgan fingerprint density at radius 1 is 1.35 bits per heavy atom. The number of benzene rings is 1. The molecule has 0 aliphatic carbocycles. The van der Waals surface area contributed by atoms with Gasteiger partial charge in [0, 0.05) is 18.4 Å². The van der Waals surface area contributed by atoms with Gasteiger partial charge in [-0.15, -0.1) is 0 Å². The molecule has 1 aromatic carbocycles. The fraction of sp³-hybridized carbons (Fsp3) is 0.353. The van der Waals surface area contributed by atoms with Crippen molar-refractivity contribution in [2.75, 3.05) is 18.6 Å². The molecule has 3 rings (SSSR count). The van der Waals surface area contributed by atoms with Crippen LogP contribution in [0.25, 0.3) is 0 Å². The van der Waals surface area contributed by atoms with E-state index in [1.165, 1.54) is 0 Å². The van der Waals surface area contributed by atoms with Crippen LogP contribution in [-0.4, -0.2) is 52.7 Å².